The van der Waals surface area contributed by atoms with Crippen LogP contribution in [0, 0.1) is 11.8 Å². The van der Waals surface area contributed by atoms with E-state index in [9.17, 15) is 9.90 Å². The fourth-order valence-corrected chi connectivity index (χ4v) is 4.66. The molecular formula is C22H23N3O2. The second-order valence-corrected chi connectivity index (χ2v) is 7.91. The number of aromatic nitrogens is 2. The van der Waals surface area contributed by atoms with E-state index in [-0.39, 0.29) is 11.7 Å². The highest BCUT2D eigenvalue weighted by Crippen LogP contribution is 2.36. The molecule has 2 aromatic carbocycles. The number of nitrogens with zero attached hydrogens (tertiary/aromatic N) is 3. The largest absolute Gasteiger partial charge is 0.508 e. The number of carbonyl (C=O) groups is 1. The fourth-order valence-electron chi connectivity index (χ4n) is 4.66. The molecule has 5 nitrogen and oxygen atoms in total. The van der Waals surface area contributed by atoms with Gasteiger partial charge in [0.05, 0.1) is 11.7 Å². The highest BCUT2D eigenvalue weighted by molar-refractivity contribution is 5.80. The summed E-state index contributed by atoms with van der Waals surface area (Å²) in [6.07, 6.45) is 4.78. The normalized spacial score (nSPS) is 21.7. The van der Waals surface area contributed by atoms with Crippen molar-refractivity contribution in [3.8, 4) is 5.75 Å². The molecule has 5 heteroatoms. The molecule has 1 aromatic heterocycles. The topological polar surface area (TPSA) is 58.4 Å². The Hall–Kier alpha value is -2.82. The van der Waals surface area contributed by atoms with Gasteiger partial charge in [-0.25, -0.2) is 0 Å². The van der Waals surface area contributed by atoms with Crippen LogP contribution in [0.1, 0.15) is 30.4 Å². The van der Waals surface area contributed by atoms with Crippen molar-refractivity contribution in [2.24, 2.45) is 11.8 Å². The van der Waals surface area contributed by atoms with Crippen molar-refractivity contribution in [2.45, 2.75) is 38.9 Å². The minimum atomic E-state index is 0.125. The Bertz CT molecular complexity index is 985. The van der Waals surface area contributed by atoms with Gasteiger partial charge in [0.1, 0.15) is 5.75 Å². The lowest BCUT2D eigenvalue weighted by atomic mass is 10.0. The number of phenols is 1. The Morgan fingerprint density at radius 3 is 2.67 bits per heavy atom. The van der Waals surface area contributed by atoms with Crippen LogP contribution in [0.2, 0.25) is 0 Å². The molecule has 1 amide bonds. The quantitative estimate of drug-likeness (QED) is 0.774. The lowest BCUT2D eigenvalue weighted by molar-refractivity contribution is -0.136. The molecule has 3 aromatic rings. The Balaban J connectivity index is 1.25. The Kier molecular flexibility index (Phi) is 3.88. The first-order valence-corrected chi connectivity index (χ1v) is 9.67. The third-order valence-corrected chi connectivity index (χ3v) is 6.10. The number of hydrogen-bond acceptors (Lipinski definition) is 3. The molecule has 1 aliphatic carbocycles. The summed E-state index contributed by atoms with van der Waals surface area (Å²) in [5.74, 6) is 1.14. The van der Waals surface area contributed by atoms with Crippen molar-refractivity contribution in [1.29, 1.82) is 0 Å². The molecule has 0 saturated heterocycles. The monoisotopic (exact) mass is 361 g/mol. The van der Waals surface area contributed by atoms with E-state index in [1.165, 1.54) is 11.1 Å². The number of hydrogen-bond donors (Lipinski definition) is 1. The molecule has 0 bridgehead atoms. The highest BCUT2D eigenvalue weighted by Gasteiger charge is 2.34. The second kappa shape index (κ2) is 6.41. The van der Waals surface area contributed by atoms with Crippen LogP contribution in [0.5, 0.6) is 5.75 Å². The standard InChI is InChI=1S/C22H23N3O2/c26-20-8-7-17-11-23-25(21(17)10-20)12-15-5-6-16(9-15)22(27)24-13-18-3-1-2-4-19(18)14-24/h1-4,7-8,10-11,15-16,26H,5-6,9,12-14H2. The Morgan fingerprint density at radius 2 is 1.89 bits per heavy atom. The number of benzene rings is 2. The number of rotatable bonds is 3. The maximum absolute atomic E-state index is 13.0. The van der Waals surface area contributed by atoms with Crippen LogP contribution in [-0.4, -0.2) is 25.7 Å². The van der Waals surface area contributed by atoms with Crippen molar-refractivity contribution in [1.82, 2.24) is 14.7 Å². The van der Waals surface area contributed by atoms with Crippen molar-refractivity contribution >= 4 is 16.8 Å². The van der Waals surface area contributed by atoms with Gasteiger partial charge < -0.3 is 10.0 Å². The molecule has 2 aliphatic rings. The molecule has 2 atom stereocenters. The minimum Gasteiger partial charge on any atom is -0.508 e. The van der Waals surface area contributed by atoms with Gasteiger partial charge >= 0.3 is 0 Å². The predicted molar refractivity (Wildman–Crippen MR) is 103 cm³/mol. The first-order chi connectivity index (χ1) is 13.2. The van der Waals surface area contributed by atoms with E-state index < -0.39 is 0 Å². The average Bonchev–Trinajstić information content (AvgIpc) is 3.40. The van der Waals surface area contributed by atoms with Crippen molar-refractivity contribution < 1.29 is 9.90 Å². The van der Waals surface area contributed by atoms with E-state index in [0.29, 0.717) is 11.8 Å². The highest BCUT2D eigenvalue weighted by atomic mass is 16.3. The van der Waals surface area contributed by atoms with Gasteiger partial charge in [0.15, 0.2) is 0 Å². The average molecular weight is 361 g/mol. The summed E-state index contributed by atoms with van der Waals surface area (Å²) in [7, 11) is 0. The van der Waals surface area contributed by atoms with Crippen molar-refractivity contribution in [2.75, 3.05) is 0 Å². The van der Waals surface area contributed by atoms with Gasteiger partial charge in [-0.2, -0.15) is 5.10 Å². The summed E-state index contributed by atoms with van der Waals surface area (Å²) in [6.45, 7) is 2.30. The molecule has 1 fully saturated rings. The van der Waals surface area contributed by atoms with Crippen LogP contribution < -0.4 is 0 Å². The Labute approximate surface area is 158 Å². The second-order valence-electron chi connectivity index (χ2n) is 7.91. The van der Waals surface area contributed by atoms with Crippen LogP contribution in [0.3, 0.4) is 0 Å². The van der Waals surface area contributed by atoms with Gasteiger partial charge in [0.25, 0.3) is 0 Å². The molecule has 5 rings (SSSR count). The summed E-state index contributed by atoms with van der Waals surface area (Å²) < 4.78 is 1.97. The van der Waals surface area contributed by atoms with Gasteiger partial charge in [0.2, 0.25) is 5.91 Å². The summed E-state index contributed by atoms with van der Waals surface area (Å²) >= 11 is 0. The van der Waals surface area contributed by atoms with Gasteiger partial charge in [-0.3, -0.25) is 9.48 Å². The van der Waals surface area contributed by atoms with Gasteiger partial charge in [-0.15, -0.1) is 0 Å². The summed E-state index contributed by atoms with van der Waals surface area (Å²) in [6, 6.07) is 13.7. The molecule has 0 spiro atoms. The number of phenolic OH excluding ortho intramolecular Hbond substituents is 1. The van der Waals surface area contributed by atoms with E-state index >= 15 is 0 Å². The zero-order chi connectivity index (χ0) is 18.4. The van der Waals surface area contributed by atoms with E-state index in [4.69, 9.17) is 0 Å². The lowest BCUT2D eigenvalue weighted by Crippen LogP contribution is -2.31. The number of amides is 1. The van der Waals surface area contributed by atoms with Crippen LogP contribution >= 0.6 is 0 Å². The van der Waals surface area contributed by atoms with E-state index in [1.807, 2.05) is 34.0 Å². The molecule has 27 heavy (non-hydrogen) atoms. The maximum Gasteiger partial charge on any atom is 0.226 e. The first kappa shape index (κ1) is 16.4. The first-order valence-electron chi connectivity index (χ1n) is 9.67. The molecule has 1 N–H and O–H groups in total. The van der Waals surface area contributed by atoms with Gasteiger partial charge in [-0.1, -0.05) is 24.3 Å². The Morgan fingerprint density at radius 1 is 1.11 bits per heavy atom. The van der Waals surface area contributed by atoms with Gasteiger partial charge in [-0.05, 0) is 48.4 Å². The third kappa shape index (κ3) is 2.97. The number of fused-ring (bicyclic) bond motifs is 2. The van der Waals surface area contributed by atoms with E-state index in [2.05, 4.69) is 17.2 Å². The molecule has 2 heterocycles. The van der Waals surface area contributed by atoms with Crippen molar-refractivity contribution in [3.05, 3.63) is 59.8 Å². The van der Waals surface area contributed by atoms with Crippen LogP contribution in [-0.2, 0) is 24.4 Å². The summed E-state index contributed by atoms with van der Waals surface area (Å²) in [5, 5.41) is 15.3. The molecule has 2 unspecified atom stereocenters. The van der Waals surface area contributed by atoms with E-state index in [0.717, 1.165) is 49.8 Å². The molecule has 1 saturated carbocycles. The number of aromatic hydroxyl groups is 1. The van der Waals surface area contributed by atoms with Crippen molar-refractivity contribution in [3.63, 3.8) is 0 Å². The van der Waals surface area contributed by atoms with Crippen LogP contribution in [0.15, 0.2) is 48.7 Å². The van der Waals surface area contributed by atoms with Crippen LogP contribution in [0.25, 0.3) is 10.9 Å². The molecular weight excluding hydrogens is 338 g/mol. The number of carbonyl (C=O) groups excluding carboxylic acids is 1. The predicted octanol–water partition coefficient (Wildman–Crippen LogP) is 3.70. The maximum atomic E-state index is 13.0. The lowest BCUT2D eigenvalue weighted by Gasteiger charge is -2.20. The van der Waals surface area contributed by atoms with Gasteiger partial charge in [0, 0.05) is 37.0 Å². The molecule has 138 valence electrons. The minimum absolute atomic E-state index is 0.125. The third-order valence-electron chi connectivity index (χ3n) is 6.10. The summed E-state index contributed by atoms with van der Waals surface area (Å²) in [5.41, 5.74) is 3.52. The molecule has 0 radical (unpaired) electrons. The smallest absolute Gasteiger partial charge is 0.226 e. The summed E-state index contributed by atoms with van der Waals surface area (Å²) in [4.78, 5) is 15.0. The zero-order valence-corrected chi connectivity index (χ0v) is 15.2. The van der Waals surface area contributed by atoms with Crippen LogP contribution in [0.4, 0.5) is 0 Å². The molecule has 1 aliphatic heterocycles. The SMILES string of the molecule is O=C(C1CCC(Cn2ncc3ccc(O)cc32)C1)N1Cc2ccccc2C1. The van der Waals surface area contributed by atoms with E-state index in [1.54, 1.807) is 12.1 Å². The fraction of sp³-hybridized carbons (Fsp3) is 0.364. The zero-order valence-electron chi connectivity index (χ0n) is 15.2.